The van der Waals surface area contributed by atoms with Crippen LogP contribution in [0.4, 0.5) is 10.1 Å². The second kappa shape index (κ2) is 10.7. The number of carbonyl (C=O) groups excluding carboxylic acids is 2. The molecule has 2 heterocycles. The number of anilines is 1. The van der Waals surface area contributed by atoms with E-state index in [1.165, 1.54) is 12.2 Å². The molecule has 0 spiro atoms. The first-order valence-corrected chi connectivity index (χ1v) is 17.2. The number of hydrogen-bond donors (Lipinski definition) is 3. The monoisotopic (exact) mass is 649 g/mol. The number of nitrogens with one attached hydrogen (secondary N) is 1. The van der Waals surface area contributed by atoms with Gasteiger partial charge >= 0.3 is 0 Å². The molecule has 1 saturated heterocycles. The Bertz CT molecular complexity index is 1640. The zero-order chi connectivity index (χ0) is 32.9. The minimum Gasteiger partial charge on any atom is -0.390 e. The molecule has 2 aromatic rings. The number of Topliss-reactive ketones (excluding diaryl/α,β-unsaturated/α-hetero) is 1. The summed E-state index contributed by atoms with van der Waals surface area (Å²) in [6.45, 7) is 9.33. The number of allylic oxidation sites excluding steroid dienone is 4. The molecule has 0 amide bonds. The molecule has 3 N–H and O–H groups in total. The molecule has 0 bridgehead atoms. The summed E-state index contributed by atoms with van der Waals surface area (Å²) < 4.78 is 30.9. The van der Waals surface area contributed by atoms with Gasteiger partial charge in [0.15, 0.2) is 29.1 Å². The summed E-state index contributed by atoms with van der Waals surface area (Å²) in [4.78, 5) is 27.9. The van der Waals surface area contributed by atoms with E-state index in [0.717, 1.165) is 27.4 Å². The van der Waals surface area contributed by atoms with Crippen LogP contribution in [-0.2, 0) is 25.5 Å². The average molecular weight is 650 g/mol. The lowest BCUT2D eigenvalue weighted by molar-refractivity contribution is -0.231. The highest BCUT2D eigenvalue weighted by atomic mass is 32.1. The van der Waals surface area contributed by atoms with Gasteiger partial charge in [-0.25, -0.2) is 4.39 Å². The smallest absolute Gasteiger partial charge is 0.194 e. The maximum absolute atomic E-state index is 17.6. The number of aliphatic hydroxyl groups excluding tert-OH is 2. The summed E-state index contributed by atoms with van der Waals surface area (Å²) in [5.41, 5.74) is -2.77. The number of ketones is 2. The van der Waals surface area contributed by atoms with E-state index in [1.807, 2.05) is 25.1 Å². The van der Waals surface area contributed by atoms with Crippen LogP contribution < -0.4 is 5.32 Å². The summed E-state index contributed by atoms with van der Waals surface area (Å²) in [5, 5.41) is 25.5. The fourth-order valence-electron chi connectivity index (χ4n) is 9.71. The first-order valence-electron chi connectivity index (χ1n) is 16.4. The molecule has 9 atom stereocenters. The van der Waals surface area contributed by atoms with Crippen molar-refractivity contribution in [2.24, 2.45) is 22.7 Å². The van der Waals surface area contributed by atoms with Gasteiger partial charge in [-0.05, 0) is 101 Å². The van der Waals surface area contributed by atoms with Gasteiger partial charge in [0.2, 0.25) is 0 Å². The topological polar surface area (TPSA) is 105 Å². The van der Waals surface area contributed by atoms with Crippen LogP contribution in [0, 0.1) is 22.7 Å². The van der Waals surface area contributed by atoms with Gasteiger partial charge in [0.1, 0.15) is 6.61 Å². The van der Waals surface area contributed by atoms with Crippen LogP contribution in [0.1, 0.15) is 81.9 Å². The number of hydrogen-bond acceptors (Lipinski definition) is 8. The minimum atomic E-state index is -2.03. The predicted molar refractivity (Wildman–Crippen MR) is 174 cm³/mol. The van der Waals surface area contributed by atoms with Gasteiger partial charge in [-0.3, -0.25) is 9.59 Å². The number of thiophene rings is 1. The van der Waals surface area contributed by atoms with Crippen LogP contribution in [0.15, 0.2) is 60.2 Å². The van der Waals surface area contributed by atoms with Crippen LogP contribution in [0.2, 0.25) is 0 Å². The first kappa shape index (κ1) is 31.9. The van der Waals surface area contributed by atoms with Crippen LogP contribution >= 0.6 is 11.3 Å². The zero-order valence-corrected chi connectivity index (χ0v) is 28.0. The average Bonchev–Trinajstić information content (AvgIpc) is 3.66. The van der Waals surface area contributed by atoms with Gasteiger partial charge in [0.25, 0.3) is 0 Å². The summed E-state index contributed by atoms with van der Waals surface area (Å²) in [7, 11) is 0. The number of benzene rings is 1. The minimum absolute atomic E-state index is 0.0255. The lowest BCUT2D eigenvalue weighted by atomic mass is 9.44. The molecule has 46 heavy (non-hydrogen) atoms. The standard InChI is InChI=1S/C37H44FNO6S/c1-33(2,3)39-23-8-6-7-21(15-23)16-25-10-12-28(46-25)32-44-31-18-27-26-11-9-22-17-24(41)13-14-34(22,4)36(26,38)29(42)19-35(27,5)37(31,45-32)30(43)20-40/h6-8,10,12-15,17,26-27,29,31-32,39-40,42H,9,11,16,18-20H2,1-5H3/t26-,27-,29-,31+,32+,34-,35-,36-,37+/m0/s1. The Balaban J connectivity index is 1.17. The number of ether oxygens (including phenoxy) is 2. The molecule has 7 nitrogen and oxygen atoms in total. The Morgan fingerprint density at radius 1 is 1.17 bits per heavy atom. The highest BCUT2D eigenvalue weighted by Crippen LogP contribution is 2.72. The number of rotatable bonds is 6. The van der Waals surface area contributed by atoms with E-state index >= 15 is 4.39 Å². The van der Waals surface area contributed by atoms with Crippen molar-refractivity contribution in [1.29, 1.82) is 0 Å². The van der Waals surface area contributed by atoms with Crippen LogP contribution in [-0.4, -0.2) is 57.4 Å². The highest BCUT2D eigenvalue weighted by Gasteiger charge is 2.79. The lowest BCUT2D eigenvalue weighted by Gasteiger charge is -2.62. The maximum Gasteiger partial charge on any atom is 0.194 e. The summed E-state index contributed by atoms with van der Waals surface area (Å²) in [6, 6.07) is 12.4. The predicted octanol–water partition coefficient (Wildman–Crippen LogP) is 6.24. The molecular formula is C37H44FNO6S. The number of alkyl halides is 1. The van der Waals surface area contributed by atoms with E-state index < -0.39 is 58.9 Å². The molecule has 0 unspecified atom stereocenters. The molecule has 4 fully saturated rings. The molecule has 246 valence electrons. The van der Waals surface area contributed by atoms with E-state index in [0.29, 0.717) is 24.8 Å². The van der Waals surface area contributed by atoms with Crippen molar-refractivity contribution in [2.45, 2.75) is 102 Å². The van der Waals surface area contributed by atoms with Crippen molar-refractivity contribution < 1.29 is 33.7 Å². The van der Waals surface area contributed by atoms with Gasteiger partial charge in [0, 0.05) is 39.3 Å². The molecule has 5 aliphatic rings. The molecule has 4 aliphatic carbocycles. The SMILES string of the molecule is CC(C)(C)Nc1cccc(Cc2ccc([C@@H]3O[C@@H]4C[C@H]5[C@@H]6CCC7=CC(=O)C=C[C@]7(C)[C@@]6(F)[C@@H](O)C[C@]5(C)[C@]4(C(=O)CO)O3)s2)c1. The van der Waals surface area contributed by atoms with Gasteiger partial charge in [-0.15, -0.1) is 11.3 Å². The molecule has 7 rings (SSSR count). The Hall–Kier alpha value is -2.69. The Morgan fingerprint density at radius 2 is 1.96 bits per heavy atom. The Morgan fingerprint density at radius 3 is 2.70 bits per heavy atom. The van der Waals surface area contributed by atoms with E-state index in [9.17, 15) is 19.8 Å². The molecule has 3 saturated carbocycles. The van der Waals surface area contributed by atoms with Crippen molar-refractivity contribution in [3.05, 3.63) is 75.5 Å². The number of aliphatic hydroxyl groups is 2. The summed E-state index contributed by atoms with van der Waals surface area (Å²) >= 11 is 1.56. The third-order valence-electron chi connectivity index (χ3n) is 11.7. The van der Waals surface area contributed by atoms with Crippen molar-refractivity contribution in [1.82, 2.24) is 0 Å². The third-order valence-corrected chi connectivity index (χ3v) is 12.8. The fourth-order valence-corrected chi connectivity index (χ4v) is 10.7. The van der Waals surface area contributed by atoms with E-state index in [4.69, 9.17) is 9.47 Å². The number of fused-ring (bicyclic) bond motifs is 7. The molecule has 1 aromatic carbocycles. The summed E-state index contributed by atoms with van der Waals surface area (Å²) in [5.74, 6) is -1.57. The van der Waals surface area contributed by atoms with Crippen molar-refractivity contribution in [3.63, 3.8) is 0 Å². The van der Waals surface area contributed by atoms with Crippen molar-refractivity contribution in [3.8, 4) is 0 Å². The van der Waals surface area contributed by atoms with Gasteiger partial charge in [0.05, 0.1) is 17.1 Å². The molecule has 9 heteroatoms. The quantitative estimate of drug-likeness (QED) is 0.340. The third kappa shape index (κ3) is 4.49. The summed E-state index contributed by atoms with van der Waals surface area (Å²) in [6.07, 6.45) is 3.68. The largest absolute Gasteiger partial charge is 0.390 e. The first-order chi connectivity index (χ1) is 21.6. The fraction of sp³-hybridized carbons (Fsp3) is 0.568. The molecule has 0 radical (unpaired) electrons. The van der Waals surface area contributed by atoms with Crippen LogP contribution in [0.5, 0.6) is 0 Å². The second-order valence-electron chi connectivity index (χ2n) is 15.4. The zero-order valence-electron chi connectivity index (χ0n) is 27.1. The van der Waals surface area contributed by atoms with E-state index in [2.05, 4.69) is 44.3 Å². The molecule has 1 aliphatic heterocycles. The molecular weight excluding hydrogens is 605 g/mol. The second-order valence-corrected chi connectivity index (χ2v) is 16.6. The number of halogens is 1. The van der Waals surface area contributed by atoms with Crippen LogP contribution in [0.3, 0.4) is 0 Å². The lowest BCUT2D eigenvalue weighted by Crippen LogP contribution is -2.69. The Labute approximate surface area is 273 Å². The van der Waals surface area contributed by atoms with E-state index in [-0.39, 0.29) is 23.7 Å². The van der Waals surface area contributed by atoms with Crippen LogP contribution in [0.25, 0.3) is 0 Å². The Kier molecular flexibility index (Phi) is 7.39. The molecule has 1 aromatic heterocycles. The van der Waals surface area contributed by atoms with E-state index in [1.54, 1.807) is 24.3 Å². The van der Waals surface area contributed by atoms with Crippen molar-refractivity contribution >= 4 is 28.6 Å². The van der Waals surface area contributed by atoms with Gasteiger partial charge < -0.3 is 25.0 Å². The normalized spacial score (nSPS) is 39.7. The van der Waals surface area contributed by atoms with Gasteiger partial charge in [-0.1, -0.05) is 30.7 Å². The van der Waals surface area contributed by atoms with Gasteiger partial charge in [-0.2, -0.15) is 0 Å². The maximum atomic E-state index is 17.6. The number of carbonyl (C=O) groups is 2. The highest BCUT2D eigenvalue weighted by molar-refractivity contribution is 7.12. The van der Waals surface area contributed by atoms with Crippen molar-refractivity contribution in [2.75, 3.05) is 11.9 Å².